The standard InChI is InChI=1S/C23H25N3/c1-18-25-14-15-26(18)22-13-12-21(16-22)23(17-24,19-8-4-2-5-9-19)20-10-6-3-7-11-20/h2-11,21-22H,12-16H2,1H3/t21-,22-/m0/s1. The summed E-state index contributed by atoms with van der Waals surface area (Å²) in [5, 5.41) is 10.5. The van der Waals surface area contributed by atoms with Crippen LogP contribution in [0.3, 0.4) is 0 Å². The van der Waals surface area contributed by atoms with Crippen molar-refractivity contribution in [1.82, 2.24) is 4.90 Å². The van der Waals surface area contributed by atoms with Crippen molar-refractivity contribution in [3.05, 3.63) is 71.8 Å². The molecule has 1 aliphatic carbocycles. The molecule has 26 heavy (non-hydrogen) atoms. The Kier molecular flexibility index (Phi) is 4.51. The lowest BCUT2D eigenvalue weighted by Gasteiger charge is -2.35. The molecule has 4 rings (SSSR count). The number of aliphatic imine (C=N–C) groups is 1. The molecule has 0 N–H and O–H groups in total. The highest BCUT2D eigenvalue weighted by atomic mass is 15.3. The van der Waals surface area contributed by atoms with Gasteiger partial charge in [0.25, 0.3) is 0 Å². The van der Waals surface area contributed by atoms with E-state index in [4.69, 9.17) is 0 Å². The number of nitrogens with zero attached hydrogens (tertiary/aromatic N) is 3. The van der Waals surface area contributed by atoms with E-state index in [0.29, 0.717) is 12.0 Å². The average molecular weight is 343 g/mol. The third-order valence-electron chi connectivity index (χ3n) is 6.19. The second kappa shape index (κ2) is 6.96. The van der Waals surface area contributed by atoms with Crippen LogP contribution in [-0.2, 0) is 5.41 Å². The minimum atomic E-state index is -0.581. The van der Waals surface area contributed by atoms with Gasteiger partial charge in [-0.3, -0.25) is 4.99 Å². The quantitative estimate of drug-likeness (QED) is 0.825. The molecule has 1 aliphatic heterocycles. The second-order valence-corrected chi connectivity index (χ2v) is 7.44. The summed E-state index contributed by atoms with van der Waals surface area (Å²) in [6, 6.07) is 24.0. The largest absolute Gasteiger partial charge is 0.356 e. The monoisotopic (exact) mass is 343 g/mol. The maximum absolute atomic E-state index is 10.5. The number of benzene rings is 2. The summed E-state index contributed by atoms with van der Waals surface area (Å²) < 4.78 is 0. The smallest absolute Gasteiger partial charge is 0.110 e. The first kappa shape index (κ1) is 16.8. The van der Waals surface area contributed by atoms with Gasteiger partial charge in [0, 0.05) is 12.6 Å². The van der Waals surface area contributed by atoms with Crippen molar-refractivity contribution in [3.8, 4) is 6.07 Å². The minimum absolute atomic E-state index is 0.315. The Morgan fingerprint density at radius 1 is 1.00 bits per heavy atom. The van der Waals surface area contributed by atoms with E-state index in [-0.39, 0.29) is 0 Å². The maximum Gasteiger partial charge on any atom is 0.110 e. The lowest BCUT2D eigenvalue weighted by Crippen LogP contribution is -2.38. The van der Waals surface area contributed by atoms with Crippen molar-refractivity contribution in [3.63, 3.8) is 0 Å². The number of hydrogen-bond acceptors (Lipinski definition) is 3. The lowest BCUT2D eigenvalue weighted by molar-refractivity contribution is 0.313. The number of nitriles is 1. The molecule has 0 amide bonds. The molecule has 132 valence electrons. The van der Waals surface area contributed by atoms with Crippen LogP contribution in [0.15, 0.2) is 65.7 Å². The SMILES string of the molecule is CC1=NCCN1[C@H]1CC[C@H](C(C#N)(c2ccccc2)c2ccccc2)C1. The highest BCUT2D eigenvalue weighted by Gasteiger charge is 2.47. The molecule has 1 saturated carbocycles. The minimum Gasteiger partial charge on any atom is -0.356 e. The third kappa shape index (κ3) is 2.70. The van der Waals surface area contributed by atoms with Crippen LogP contribution in [0.1, 0.15) is 37.3 Å². The Labute approximate surface area is 156 Å². The van der Waals surface area contributed by atoms with Crippen molar-refractivity contribution in [2.45, 2.75) is 37.6 Å². The first-order valence-corrected chi connectivity index (χ1v) is 9.55. The fourth-order valence-corrected chi connectivity index (χ4v) is 4.91. The molecular weight excluding hydrogens is 318 g/mol. The first-order chi connectivity index (χ1) is 12.8. The molecule has 1 fully saturated rings. The maximum atomic E-state index is 10.5. The predicted octanol–water partition coefficient (Wildman–Crippen LogP) is 4.40. The van der Waals surface area contributed by atoms with Crippen molar-refractivity contribution in [2.75, 3.05) is 13.1 Å². The fourth-order valence-electron chi connectivity index (χ4n) is 4.91. The molecule has 0 aromatic heterocycles. The second-order valence-electron chi connectivity index (χ2n) is 7.44. The van der Waals surface area contributed by atoms with Gasteiger partial charge in [0.1, 0.15) is 5.41 Å². The fraction of sp³-hybridized carbons (Fsp3) is 0.391. The molecule has 0 spiro atoms. The van der Waals surface area contributed by atoms with Gasteiger partial charge in [-0.1, -0.05) is 60.7 Å². The number of amidine groups is 1. The summed E-state index contributed by atoms with van der Waals surface area (Å²) in [5.41, 5.74) is 1.65. The van der Waals surface area contributed by atoms with E-state index in [2.05, 4.69) is 47.2 Å². The Hall–Kier alpha value is -2.60. The van der Waals surface area contributed by atoms with E-state index >= 15 is 0 Å². The number of hydrogen-bond donors (Lipinski definition) is 0. The van der Waals surface area contributed by atoms with Gasteiger partial charge in [-0.25, -0.2) is 0 Å². The normalized spacial score (nSPS) is 22.9. The summed E-state index contributed by atoms with van der Waals surface area (Å²) in [4.78, 5) is 7.02. The third-order valence-corrected chi connectivity index (χ3v) is 6.19. The van der Waals surface area contributed by atoms with Gasteiger partial charge in [0.05, 0.1) is 18.4 Å². The van der Waals surface area contributed by atoms with Crippen LogP contribution in [0.25, 0.3) is 0 Å². The van der Waals surface area contributed by atoms with Crippen LogP contribution in [0, 0.1) is 17.2 Å². The van der Waals surface area contributed by atoms with Gasteiger partial charge >= 0.3 is 0 Å². The van der Waals surface area contributed by atoms with E-state index in [1.165, 1.54) is 0 Å². The van der Waals surface area contributed by atoms with Gasteiger partial charge in [-0.2, -0.15) is 5.26 Å². The average Bonchev–Trinajstić information content (AvgIpc) is 3.34. The summed E-state index contributed by atoms with van der Waals surface area (Å²) >= 11 is 0. The van der Waals surface area contributed by atoms with Crippen LogP contribution in [-0.4, -0.2) is 29.9 Å². The lowest BCUT2D eigenvalue weighted by atomic mass is 9.66. The van der Waals surface area contributed by atoms with Crippen LogP contribution in [0.4, 0.5) is 0 Å². The van der Waals surface area contributed by atoms with Gasteiger partial charge in [0.15, 0.2) is 0 Å². The summed E-state index contributed by atoms with van der Waals surface area (Å²) in [6.45, 7) is 4.06. The van der Waals surface area contributed by atoms with E-state index in [0.717, 1.165) is 49.3 Å². The molecule has 3 heteroatoms. The van der Waals surface area contributed by atoms with Crippen LogP contribution < -0.4 is 0 Å². The highest BCUT2D eigenvalue weighted by molar-refractivity contribution is 5.81. The van der Waals surface area contributed by atoms with Gasteiger partial charge < -0.3 is 4.90 Å². The van der Waals surface area contributed by atoms with E-state index in [1.54, 1.807) is 0 Å². The zero-order valence-corrected chi connectivity index (χ0v) is 15.3. The van der Waals surface area contributed by atoms with Crippen molar-refractivity contribution >= 4 is 5.84 Å². The zero-order chi connectivity index (χ0) is 18.0. The molecule has 0 saturated heterocycles. The summed E-state index contributed by atoms with van der Waals surface area (Å²) in [7, 11) is 0. The van der Waals surface area contributed by atoms with E-state index < -0.39 is 5.41 Å². The van der Waals surface area contributed by atoms with E-state index in [1.807, 2.05) is 36.4 Å². The molecule has 0 unspecified atom stereocenters. The molecule has 0 radical (unpaired) electrons. The Bertz CT molecular complexity index is 780. The molecule has 1 heterocycles. The molecule has 2 aliphatic rings. The Balaban J connectivity index is 1.73. The van der Waals surface area contributed by atoms with Gasteiger partial charge in [-0.15, -0.1) is 0 Å². The molecule has 0 bridgehead atoms. The molecule has 2 aromatic rings. The zero-order valence-electron chi connectivity index (χ0n) is 15.3. The topological polar surface area (TPSA) is 39.4 Å². The Morgan fingerprint density at radius 3 is 2.12 bits per heavy atom. The van der Waals surface area contributed by atoms with Crippen LogP contribution >= 0.6 is 0 Å². The molecular formula is C23H25N3. The summed E-state index contributed by atoms with van der Waals surface area (Å²) in [6.07, 6.45) is 3.26. The van der Waals surface area contributed by atoms with Gasteiger partial charge in [0.2, 0.25) is 0 Å². The van der Waals surface area contributed by atoms with Crippen molar-refractivity contribution < 1.29 is 0 Å². The van der Waals surface area contributed by atoms with Gasteiger partial charge in [-0.05, 0) is 43.2 Å². The first-order valence-electron chi connectivity index (χ1n) is 9.55. The van der Waals surface area contributed by atoms with E-state index in [9.17, 15) is 5.26 Å². The number of rotatable bonds is 4. The highest BCUT2D eigenvalue weighted by Crippen LogP contribution is 2.47. The summed E-state index contributed by atoms with van der Waals surface area (Å²) in [5.74, 6) is 1.48. The van der Waals surface area contributed by atoms with Crippen molar-refractivity contribution in [1.29, 1.82) is 5.26 Å². The Morgan fingerprint density at radius 2 is 1.62 bits per heavy atom. The van der Waals surface area contributed by atoms with Crippen LogP contribution in [0.2, 0.25) is 0 Å². The molecule has 2 aromatic carbocycles. The van der Waals surface area contributed by atoms with Crippen LogP contribution in [0.5, 0.6) is 0 Å². The molecule has 2 atom stereocenters. The molecule has 3 nitrogen and oxygen atoms in total. The van der Waals surface area contributed by atoms with Crippen molar-refractivity contribution in [2.24, 2.45) is 10.9 Å². The predicted molar refractivity (Wildman–Crippen MR) is 105 cm³/mol.